The standard InChI is InChI=1S/C21H16FN3O3S/c22-14-9-7-13(8-10-14)17-12-29-21(23-17)24-18(26)6-3-11-25-19(27)15-4-1-2-5-16(15)20(25)28/h1-2,4-5,7-10,12H,3,6,11H2,(H,23,24,26). The van der Waals surface area contributed by atoms with Crippen molar-refractivity contribution in [1.29, 1.82) is 0 Å². The van der Waals surface area contributed by atoms with Gasteiger partial charge in [0.05, 0.1) is 16.8 Å². The molecule has 2 aromatic carbocycles. The fourth-order valence-electron chi connectivity index (χ4n) is 3.11. The number of carbonyl (C=O) groups is 3. The highest BCUT2D eigenvalue weighted by atomic mass is 32.1. The maximum absolute atomic E-state index is 13.0. The normalized spacial score (nSPS) is 12.9. The van der Waals surface area contributed by atoms with Gasteiger partial charge in [-0.25, -0.2) is 9.37 Å². The number of nitrogens with one attached hydrogen (secondary N) is 1. The van der Waals surface area contributed by atoms with E-state index in [0.717, 1.165) is 5.56 Å². The van der Waals surface area contributed by atoms with Gasteiger partial charge in [0.1, 0.15) is 5.82 Å². The SMILES string of the molecule is O=C(CCCN1C(=O)c2ccccc2C1=O)Nc1nc(-c2ccc(F)cc2)cs1. The molecule has 8 heteroatoms. The van der Waals surface area contributed by atoms with Crippen LogP contribution in [0.5, 0.6) is 0 Å². The summed E-state index contributed by atoms with van der Waals surface area (Å²) in [6.45, 7) is 0.179. The number of hydrogen-bond donors (Lipinski definition) is 1. The number of nitrogens with zero attached hydrogens (tertiary/aromatic N) is 2. The molecule has 4 rings (SSSR count). The molecule has 1 aliphatic heterocycles. The molecule has 0 atom stereocenters. The van der Waals surface area contributed by atoms with Crippen molar-refractivity contribution in [3.05, 3.63) is 70.9 Å². The van der Waals surface area contributed by atoms with Crippen LogP contribution >= 0.6 is 11.3 Å². The van der Waals surface area contributed by atoms with Crippen LogP contribution in [-0.4, -0.2) is 34.2 Å². The molecule has 0 radical (unpaired) electrons. The van der Waals surface area contributed by atoms with Crippen LogP contribution in [0.1, 0.15) is 33.6 Å². The predicted molar refractivity (Wildman–Crippen MR) is 107 cm³/mol. The minimum Gasteiger partial charge on any atom is -0.302 e. The fraction of sp³-hybridized carbons (Fsp3) is 0.143. The Labute approximate surface area is 170 Å². The molecule has 0 bridgehead atoms. The summed E-state index contributed by atoms with van der Waals surface area (Å²) < 4.78 is 13.0. The topological polar surface area (TPSA) is 79.4 Å². The summed E-state index contributed by atoms with van der Waals surface area (Å²) >= 11 is 1.27. The van der Waals surface area contributed by atoms with Gasteiger partial charge in [-0.1, -0.05) is 12.1 Å². The van der Waals surface area contributed by atoms with Crippen molar-refractivity contribution in [1.82, 2.24) is 9.88 Å². The molecule has 2 heterocycles. The summed E-state index contributed by atoms with van der Waals surface area (Å²) in [4.78, 5) is 42.3. The zero-order valence-electron chi connectivity index (χ0n) is 15.2. The maximum Gasteiger partial charge on any atom is 0.261 e. The maximum atomic E-state index is 13.0. The molecule has 0 saturated carbocycles. The molecule has 3 amide bonds. The van der Waals surface area contributed by atoms with Crippen molar-refractivity contribution < 1.29 is 18.8 Å². The minimum absolute atomic E-state index is 0.152. The second-order valence-electron chi connectivity index (χ2n) is 6.50. The first kappa shape index (κ1) is 18.9. The monoisotopic (exact) mass is 409 g/mol. The molecule has 0 aliphatic carbocycles. The van der Waals surface area contributed by atoms with Crippen LogP contribution in [0.3, 0.4) is 0 Å². The first-order valence-electron chi connectivity index (χ1n) is 8.99. The van der Waals surface area contributed by atoms with Crippen molar-refractivity contribution in [2.75, 3.05) is 11.9 Å². The van der Waals surface area contributed by atoms with Crippen molar-refractivity contribution in [3.8, 4) is 11.3 Å². The number of rotatable bonds is 6. The molecule has 6 nitrogen and oxygen atoms in total. The lowest BCUT2D eigenvalue weighted by Gasteiger charge is -2.13. The number of anilines is 1. The summed E-state index contributed by atoms with van der Waals surface area (Å²) in [6.07, 6.45) is 0.506. The highest BCUT2D eigenvalue weighted by Crippen LogP contribution is 2.25. The average Bonchev–Trinajstić information content (AvgIpc) is 3.27. The number of thiazole rings is 1. The summed E-state index contributed by atoms with van der Waals surface area (Å²) in [5.41, 5.74) is 2.21. The minimum atomic E-state index is -0.324. The Balaban J connectivity index is 1.30. The number of halogens is 1. The molecular formula is C21H16FN3O3S. The van der Waals surface area contributed by atoms with Crippen LogP contribution in [-0.2, 0) is 4.79 Å². The molecule has 0 unspecified atom stereocenters. The van der Waals surface area contributed by atoms with E-state index >= 15 is 0 Å². The van der Waals surface area contributed by atoms with Gasteiger partial charge in [0.2, 0.25) is 5.91 Å². The van der Waals surface area contributed by atoms with Crippen molar-refractivity contribution in [2.24, 2.45) is 0 Å². The van der Waals surface area contributed by atoms with Gasteiger partial charge in [0.15, 0.2) is 5.13 Å². The molecule has 146 valence electrons. The van der Waals surface area contributed by atoms with Crippen LogP contribution in [0.15, 0.2) is 53.9 Å². The van der Waals surface area contributed by atoms with E-state index < -0.39 is 0 Å². The molecule has 3 aromatic rings. The van der Waals surface area contributed by atoms with Crippen molar-refractivity contribution >= 4 is 34.2 Å². The van der Waals surface area contributed by atoms with E-state index in [0.29, 0.717) is 28.4 Å². The number of benzene rings is 2. The zero-order chi connectivity index (χ0) is 20.4. The quantitative estimate of drug-likeness (QED) is 0.625. The van der Waals surface area contributed by atoms with Crippen molar-refractivity contribution in [3.63, 3.8) is 0 Å². The van der Waals surface area contributed by atoms with E-state index in [9.17, 15) is 18.8 Å². The van der Waals surface area contributed by atoms with E-state index in [-0.39, 0.29) is 36.5 Å². The number of amides is 3. The number of aromatic nitrogens is 1. The summed E-state index contributed by atoms with van der Waals surface area (Å²) in [5.74, 6) is -1.22. The van der Waals surface area contributed by atoms with Crippen LogP contribution in [0.4, 0.5) is 9.52 Å². The third-order valence-corrected chi connectivity index (χ3v) is 5.31. The third-order valence-electron chi connectivity index (χ3n) is 4.55. The molecule has 0 saturated heterocycles. The van der Waals surface area contributed by atoms with Gasteiger partial charge < -0.3 is 5.32 Å². The Morgan fingerprint density at radius 1 is 1.03 bits per heavy atom. The second kappa shape index (κ2) is 7.92. The Hall–Kier alpha value is -3.39. The molecule has 0 fully saturated rings. The van der Waals surface area contributed by atoms with Gasteiger partial charge in [-0.2, -0.15) is 0 Å². The lowest BCUT2D eigenvalue weighted by molar-refractivity contribution is -0.116. The van der Waals surface area contributed by atoms with Gasteiger partial charge >= 0.3 is 0 Å². The van der Waals surface area contributed by atoms with Gasteiger partial charge in [-0.05, 0) is 42.8 Å². The number of imide groups is 1. The molecular weight excluding hydrogens is 393 g/mol. The van der Waals surface area contributed by atoms with Crippen LogP contribution in [0, 0.1) is 5.82 Å². The summed E-state index contributed by atoms with van der Waals surface area (Å²) in [5, 5.41) is 4.93. The first-order chi connectivity index (χ1) is 14.0. The summed E-state index contributed by atoms with van der Waals surface area (Å²) in [6, 6.07) is 12.6. The van der Waals surface area contributed by atoms with Gasteiger partial charge in [0.25, 0.3) is 11.8 Å². The van der Waals surface area contributed by atoms with E-state index in [4.69, 9.17) is 0 Å². The largest absolute Gasteiger partial charge is 0.302 e. The van der Waals surface area contributed by atoms with Crippen LogP contribution in [0.25, 0.3) is 11.3 Å². The van der Waals surface area contributed by atoms with Gasteiger partial charge in [-0.15, -0.1) is 11.3 Å². The molecule has 1 aliphatic rings. The highest BCUT2D eigenvalue weighted by Gasteiger charge is 2.34. The third kappa shape index (κ3) is 3.93. The Kier molecular flexibility index (Phi) is 5.18. The first-order valence-corrected chi connectivity index (χ1v) is 9.87. The fourth-order valence-corrected chi connectivity index (χ4v) is 3.84. The van der Waals surface area contributed by atoms with E-state index in [2.05, 4.69) is 10.3 Å². The number of fused-ring (bicyclic) bond motifs is 1. The lowest BCUT2D eigenvalue weighted by atomic mass is 10.1. The van der Waals surface area contributed by atoms with Crippen molar-refractivity contribution in [2.45, 2.75) is 12.8 Å². The zero-order valence-corrected chi connectivity index (χ0v) is 16.0. The number of carbonyl (C=O) groups excluding carboxylic acids is 3. The average molecular weight is 409 g/mol. The summed E-state index contributed by atoms with van der Waals surface area (Å²) in [7, 11) is 0. The van der Waals surface area contributed by atoms with Crippen LogP contribution in [0.2, 0.25) is 0 Å². The van der Waals surface area contributed by atoms with E-state index in [1.807, 2.05) is 0 Å². The van der Waals surface area contributed by atoms with Gasteiger partial charge in [-0.3, -0.25) is 19.3 Å². The van der Waals surface area contributed by atoms with E-state index in [1.54, 1.807) is 41.8 Å². The number of hydrogen-bond acceptors (Lipinski definition) is 5. The Morgan fingerprint density at radius 2 is 1.69 bits per heavy atom. The second-order valence-corrected chi connectivity index (χ2v) is 7.36. The molecule has 1 aromatic heterocycles. The smallest absolute Gasteiger partial charge is 0.261 e. The molecule has 0 spiro atoms. The lowest BCUT2D eigenvalue weighted by Crippen LogP contribution is -2.31. The Bertz CT molecular complexity index is 1060. The molecule has 29 heavy (non-hydrogen) atoms. The Morgan fingerprint density at radius 3 is 2.34 bits per heavy atom. The van der Waals surface area contributed by atoms with E-state index in [1.165, 1.54) is 28.4 Å². The van der Waals surface area contributed by atoms with Crippen LogP contribution < -0.4 is 5.32 Å². The van der Waals surface area contributed by atoms with Gasteiger partial charge in [0, 0.05) is 23.9 Å². The predicted octanol–water partition coefficient (Wildman–Crippen LogP) is 3.96. The molecule has 1 N–H and O–H groups in total. The highest BCUT2D eigenvalue weighted by molar-refractivity contribution is 7.14.